The molecule has 0 bridgehead atoms. The first-order valence-electron chi connectivity index (χ1n) is 8.81. The third-order valence-corrected chi connectivity index (χ3v) is 5.42. The molecular weight excluding hydrogens is 318 g/mol. The number of hydrogen-bond acceptors (Lipinski definition) is 3. The third-order valence-electron chi connectivity index (χ3n) is 5.42. The van der Waals surface area contributed by atoms with E-state index in [-0.39, 0.29) is 12.5 Å². The minimum absolute atomic E-state index is 0.0613. The number of carboxylic acid groups (broad SMARTS) is 1. The van der Waals surface area contributed by atoms with Crippen molar-refractivity contribution in [3.05, 3.63) is 48.0 Å². The van der Waals surface area contributed by atoms with E-state index in [0.717, 1.165) is 30.0 Å². The van der Waals surface area contributed by atoms with Gasteiger partial charge in [0.25, 0.3) is 5.91 Å². The summed E-state index contributed by atoms with van der Waals surface area (Å²) in [5.41, 5.74) is -0.227. The van der Waals surface area contributed by atoms with Crippen LogP contribution in [0.5, 0.6) is 0 Å². The molecule has 0 unspecified atom stereocenters. The van der Waals surface area contributed by atoms with Crippen LogP contribution in [-0.4, -0.2) is 40.3 Å². The molecule has 1 spiro atoms. The van der Waals surface area contributed by atoms with Gasteiger partial charge in [-0.1, -0.05) is 42.8 Å². The molecule has 130 valence electrons. The molecule has 2 aromatic rings. The van der Waals surface area contributed by atoms with Gasteiger partial charge in [0, 0.05) is 5.56 Å². The first-order valence-corrected chi connectivity index (χ1v) is 8.81. The van der Waals surface area contributed by atoms with Gasteiger partial charge in [0.15, 0.2) is 6.04 Å². The number of carboxylic acids is 1. The number of fused-ring (bicyclic) bond motifs is 1. The normalized spacial score (nSPS) is 22.4. The highest BCUT2D eigenvalue weighted by Crippen LogP contribution is 2.41. The highest BCUT2D eigenvalue weighted by Gasteiger charge is 2.53. The van der Waals surface area contributed by atoms with Gasteiger partial charge in [-0.05, 0) is 42.5 Å². The molecule has 1 atom stereocenters. The average molecular weight is 339 g/mol. The molecule has 5 nitrogen and oxygen atoms in total. The van der Waals surface area contributed by atoms with Crippen LogP contribution in [0.2, 0.25) is 0 Å². The van der Waals surface area contributed by atoms with Crippen molar-refractivity contribution in [1.82, 2.24) is 4.90 Å². The molecule has 2 aliphatic rings. The molecule has 1 aliphatic carbocycles. The number of aliphatic carboxylic acids is 1. The molecule has 1 N–H and O–H groups in total. The van der Waals surface area contributed by atoms with E-state index in [4.69, 9.17) is 4.74 Å². The third kappa shape index (κ3) is 2.59. The van der Waals surface area contributed by atoms with E-state index in [1.807, 2.05) is 36.4 Å². The van der Waals surface area contributed by atoms with E-state index in [2.05, 4.69) is 0 Å². The lowest BCUT2D eigenvalue weighted by Gasteiger charge is -2.41. The van der Waals surface area contributed by atoms with Crippen LogP contribution in [0.25, 0.3) is 10.8 Å². The summed E-state index contributed by atoms with van der Waals surface area (Å²) in [6, 6.07) is 12.3. The van der Waals surface area contributed by atoms with Crippen LogP contribution < -0.4 is 0 Å². The fourth-order valence-corrected chi connectivity index (χ4v) is 4.20. The van der Waals surface area contributed by atoms with Crippen molar-refractivity contribution < 1.29 is 19.4 Å². The number of amides is 1. The number of hydrogen-bond donors (Lipinski definition) is 1. The van der Waals surface area contributed by atoms with Crippen LogP contribution in [0.1, 0.15) is 42.5 Å². The van der Waals surface area contributed by atoms with E-state index in [1.165, 1.54) is 4.90 Å². The molecule has 2 aromatic carbocycles. The van der Waals surface area contributed by atoms with Crippen LogP contribution in [0.15, 0.2) is 42.5 Å². The van der Waals surface area contributed by atoms with E-state index < -0.39 is 17.7 Å². The average Bonchev–Trinajstić information content (AvgIpc) is 3.00. The minimum Gasteiger partial charge on any atom is -0.480 e. The van der Waals surface area contributed by atoms with Crippen LogP contribution in [-0.2, 0) is 9.53 Å². The van der Waals surface area contributed by atoms with Crippen molar-refractivity contribution in [2.75, 3.05) is 6.61 Å². The molecule has 1 aliphatic heterocycles. The van der Waals surface area contributed by atoms with Crippen LogP contribution in [0, 0.1) is 0 Å². The van der Waals surface area contributed by atoms with Gasteiger partial charge in [-0.3, -0.25) is 9.69 Å². The zero-order chi connectivity index (χ0) is 17.4. The Hall–Kier alpha value is -2.40. The van der Waals surface area contributed by atoms with Crippen LogP contribution >= 0.6 is 0 Å². The first kappa shape index (κ1) is 16.1. The van der Waals surface area contributed by atoms with Gasteiger partial charge < -0.3 is 9.84 Å². The molecule has 2 fully saturated rings. The highest BCUT2D eigenvalue weighted by atomic mass is 16.5. The Balaban J connectivity index is 1.80. The topological polar surface area (TPSA) is 66.8 Å². The van der Waals surface area contributed by atoms with Crippen molar-refractivity contribution >= 4 is 22.6 Å². The highest BCUT2D eigenvalue weighted by molar-refractivity contribution is 6.08. The smallest absolute Gasteiger partial charge is 0.328 e. The number of nitrogens with zero attached hydrogens (tertiary/aromatic N) is 1. The molecule has 1 saturated carbocycles. The van der Waals surface area contributed by atoms with E-state index in [9.17, 15) is 14.7 Å². The molecule has 1 saturated heterocycles. The Kier molecular flexibility index (Phi) is 3.96. The maximum atomic E-state index is 13.4. The summed E-state index contributed by atoms with van der Waals surface area (Å²) in [5.74, 6) is -1.25. The second-order valence-electron chi connectivity index (χ2n) is 6.87. The Morgan fingerprint density at radius 1 is 1.04 bits per heavy atom. The summed E-state index contributed by atoms with van der Waals surface area (Å²) in [6.07, 6.45) is 4.40. The van der Waals surface area contributed by atoms with Crippen molar-refractivity contribution in [3.8, 4) is 0 Å². The summed E-state index contributed by atoms with van der Waals surface area (Å²) in [4.78, 5) is 26.7. The Labute approximate surface area is 146 Å². The molecule has 1 heterocycles. The van der Waals surface area contributed by atoms with Gasteiger partial charge in [0.05, 0.1) is 6.61 Å². The zero-order valence-electron chi connectivity index (χ0n) is 14.0. The van der Waals surface area contributed by atoms with Crippen molar-refractivity contribution in [1.29, 1.82) is 0 Å². The van der Waals surface area contributed by atoms with Gasteiger partial charge >= 0.3 is 5.97 Å². The lowest BCUT2D eigenvalue weighted by atomic mass is 9.89. The fourth-order valence-electron chi connectivity index (χ4n) is 4.20. The number of rotatable bonds is 2. The van der Waals surface area contributed by atoms with Crippen LogP contribution in [0.4, 0.5) is 0 Å². The number of carbonyl (C=O) groups excluding carboxylic acids is 1. The lowest BCUT2D eigenvalue weighted by Crippen LogP contribution is -2.54. The predicted octanol–water partition coefficient (Wildman–Crippen LogP) is 3.43. The quantitative estimate of drug-likeness (QED) is 0.910. The maximum absolute atomic E-state index is 13.4. The van der Waals surface area contributed by atoms with Crippen molar-refractivity contribution in [2.24, 2.45) is 0 Å². The van der Waals surface area contributed by atoms with Gasteiger partial charge in [-0.2, -0.15) is 0 Å². The Bertz CT molecular complexity index is 820. The Morgan fingerprint density at radius 2 is 1.76 bits per heavy atom. The fraction of sp³-hybridized carbons (Fsp3) is 0.400. The molecule has 25 heavy (non-hydrogen) atoms. The SMILES string of the molecule is O=C(O)[C@H]1COC2(CCCCC2)N1C(=O)c1cccc2ccccc12. The van der Waals surface area contributed by atoms with Gasteiger partial charge in [0.2, 0.25) is 0 Å². The van der Waals surface area contributed by atoms with E-state index >= 15 is 0 Å². The first-order chi connectivity index (χ1) is 12.1. The summed E-state index contributed by atoms with van der Waals surface area (Å²) >= 11 is 0. The summed E-state index contributed by atoms with van der Waals surface area (Å²) in [7, 11) is 0. The van der Waals surface area contributed by atoms with Gasteiger partial charge in [-0.25, -0.2) is 4.79 Å². The second-order valence-corrected chi connectivity index (χ2v) is 6.87. The molecule has 1 amide bonds. The summed E-state index contributed by atoms with van der Waals surface area (Å²) in [6.45, 7) is 0.0613. The number of benzene rings is 2. The van der Waals surface area contributed by atoms with Gasteiger partial charge in [0.1, 0.15) is 5.72 Å². The molecule has 0 radical (unpaired) electrons. The minimum atomic E-state index is -1.00. The maximum Gasteiger partial charge on any atom is 0.328 e. The predicted molar refractivity (Wildman–Crippen MR) is 93.3 cm³/mol. The lowest BCUT2D eigenvalue weighted by molar-refractivity contribution is -0.143. The summed E-state index contributed by atoms with van der Waals surface area (Å²) < 4.78 is 5.95. The molecular formula is C20H21NO4. The van der Waals surface area contributed by atoms with Crippen LogP contribution in [0.3, 0.4) is 0 Å². The molecule has 5 heteroatoms. The van der Waals surface area contributed by atoms with Crippen molar-refractivity contribution in [2.45, 2.75) is 43.9 Å². The second kappa shape index (κ2) is 6.15. The molecule has 4 rings (SSSR count). The van der Waals surface area contributed by atoms with Gasteiger partial charge in [-0.15, -0.1) is 0 Å². The van der Waals surface area contributed by atoms with E-state index in [1.54, 1.807) is 6.07 Å². The van der Waals surface area contributed by atoms with E-state index in [0.29, 0.717) is 18.4 Å². The molecule has 0 aromatic heterocycles. The summed E-state index contributed by atoms with van der Waals surface area (Å²) in [5, 5.41) is 11.4. The zero-order valence-corrected chi connectivity index (χ0v) is 14.0. The number of carbonyl (C=O) groups is 2. The largest absolute Gasteiger partial charge is 0.480 e. The standard InChI is InChI=1S/C20H21NO4/c22-18(16-10-6-8-14-7-2-3-9-15(14)16)21-17(19(23)24)13-25-20(21)11-4-1-5-12-20/h2-3,6-10,17H,1,4-5,11-13H2,(H,23,24)/t17-/m1/s1. The number of ether oxygens (including phenoxy) is 1. The van der Waals surface area contributed by atoms with Crippen molar-refractivity contribution in [3.63, 3.8) is 0 Å². The Morgan fingerprint density at radius 3 is 2.52 bits per heavy atom. The monoisotopic (exact) mass is 339 g/mol.